The van der Waals surface area contributed by atoms with Crippen molar-refractivity contribution in [1.82, 2.24) is 10.2 Å². The molecule has 4 saturated carbocycles. The highest BCUT2D eigenvalue weighted by Gasteiger charge is 2.51. The smallest absolute Gasteiger partial charge is 0.220 e. The Morgan fingerprint density at radius 3 is 2.05 bits per heavy atom. The van der Waals surface area contributed by atoms with Crippen LogP contribution in [0, 0.1) is 23.2 Å². The van der Waals surface area contributed by atoms with E-state index in [0.29, 0.717) is 11.3 Å². The Balaban J connectivity index is 0.00000147. The van der Waals surface area contributed by atoms with Crippen LogP contribution in [0.5, 0.6) is 0 Å². The molecule has 4 heteroatoms. The summed E-state index contributed by atoms with van der Waals surface area (Å²) < 4.78 is 0. The average Bonchev–Trinajstić information content (AvgIpc) is 2.25. The third-order valence-corrected chi connectivity index (χ3v) is 5.58. The normalized spacial score (nSPS) is 37.9. The van der Waals surface area contributed by atoms with Crippen LogP contribution in [0.4, 0.5) is 0 Å². The zero-order valence-corrected chi connectivity index (χ0v) is 13.6. The molecule has 1 amide bonds. The molecule has 0 heterocycles. The van der Waals surface area contributed by atoms with E-state index in [0.717, 1.165) is 37.3 Å². The summed E-state index contributed by atoms with van der Waals surface area (Å²) in [6.45, 7) is 1.73. The van der Waals surface area contributed by atoms with E-state index in [1.165, 1.54) is 38.5 Å². The van der Waals surface area contributed by atoms with E-state index < -0.39 is 0 Å². The number of carbonyl (C=O) groups excluding carboxylic acids is 1. The molecule has 0 aliphatic heterocycles. The van der Waals surface area contributed by atoms with Crippen molar-refractivity contribution in [2.24, 2.45) is 23.2 Å². The fraction of sp³-hybridized carbons (Fsp3) is 0.938. The van der Waals surface area contributed by atoms with Gasteiger partial charge in [0, 0.05) is 19.5 Å². The molecule has 0 radical (unpaired) electrons. The molecule has 1 N–H and O–H groups in total. The summed E-state index contributed by atoms with van der Waals surface area (Å²) in [5.41, 5.74) is 0.386. The maximum atomic E-state index is 12.2. The highest BCUT2D eigenvalue weighted by molar-refractivity contribution is 5.76. The number of nitrogens with one attached hydrogen (secondary N) is 1. The van der Waals surface area contributed by atoms with Gasteiger partial charge in [0.1, 0.15) is 0 Å². The van der Waals surface area contributed by atoms with Gasteiger partial charge in [-0.15, -0.1) is 0 Å². The molecular weight excluding hydrogens is 272 g/mol. The second-order valence-electron chi connectivity index (χ2n) is 7.75. The molecule has 3 nitrogen and oxygen atoms in total. The summed E-state index contributed by atoms with van der Waals surface area (Å²) in [4.78, 5) is 14.3. The summed E-state index contributed by atoms with van der Waals surface area (Å²) in [7, 11) is 4.09. The lowest BCUT2D eigenvalue weighted by atomic mass is 9.49. The van der Waals surface area contributed by atoms with Crippen molar-refractivity contribution in [2.45, 2.75) is 44.9 Å². The molecule has 0 saturated heterocycles. The largest absolute Gasteiger partial charge is 1.00 e. The van der Waals surface area contributed by atoms with Crippen molar-refractivity contribution in [2.75, 3.05) is 27.2 Å². The van der Waals surface area contributed by atoms with Gasteiger partial charge in [0.25, 0.3) is 0 Å². The third kappa shape index (κ3) is 3.48. The van der Waals surface area contributed by atoms with Gasteiger partial charge in [-0.3, -0.25) is 4.79 Å². The molecule has 116 valence electrons. The van der Waals surface area contributed by atoms with Crippen LogP contribution in [0.1, 0.15) is 44.9 Å². The molecule has 0 aromatic rings. The maximum absolute atomic E-state index is 12.2. The number of hydrogen-bond donors (Lipinski definition) is 1. The topological polar surface area (TPSA) is 32.3 Å². The molecule has 4 rings (SSSR count). The van der Waals surface area contributed by atoms with E-state index in [4.69, 9.17) is 0 Å². The van der Waals surface area contributed by atoms with Crippen LogP contribution in [-0.2, 0) is 4.79 Å². The lowest BCUT2D eigenvalue weighted by Gasteiger charge is -2.56. The second kappa shape index (κ2) is 6.23. The van der Waals surface area contributed by atoms with Gasteiger partial charge in [-0.2, -0.15) is 0 Å². The van der Waals surface area contributed by atoms with E-state index >= 15 is 0 Å². The summed E-state index contributed by atoms with van der Waals surface area (Å²) in [6, 6.07) is 0. The zero-order chi connectivity index (χ0) is 13.5. The van der Waals surface area contributed by atoms with E-state index in [9.17, 15) is 4.79 Å². The fourth-order valence-corrected chi connectivity index (χ4v) is 5.33. The Bertz CT molecular complexity index is 321. The van der Waals surface area contributed by atoms with Gasteiger partial charge >= 0.3 is 0 Å². The standard InChI is InChI=1S/C16H28N2O.ClH/c1-18(2)4-3-17-15(19)11-16-8-12-5-13(9-16)7-14(6-12)10-16;/h12-14H,3-11H2,1-2H3,(H,17,19);1H/p-1. The van der Waals surface area contributed by atoms with Crippen molar-refractivity contribution in [3.8, 4) is 0 Å². The first kappa shape index (κ1) is 16.1. The Kier molecular flexibility index (Phi) is 5.01. The molecule has 0 aromatic carbocycles. The number of hydrogen-bond acceptors (Lipinski definition) is 2. The number of rotatable bonds is 5. The molecule has 0 unspecified atom stereocenters. The summed E-state index contributed by atoms with van der Waals surface area (Å²) in [6.07, 6.45) is 9.18. The Morgan fingerprint density at radius 1 is 1.10 bits per heavy atom. The average molecular weight is 300 g/mol. The van der Waals surface area contributed by atoms with Crippen LogP contribution in [0.15, 0.2) is 0 Å². The highest BCUT2D eigenvalue weighted by Crippen LogP contribution is 2.61. The van der Waals surface area contributed by atoms with E-state index in [-0.39, 0.29) is 12.4 Å². The monoisotopic (exact) mass is 299 g/mol. The van der Waals surface area contributed by atoms with E-state index in [2.05, 4.69) is 10.2 Å². The molecule has 4 bridgehead atoms. The summed E-state index contributed by atoms with van der Waals surface area (Å²) >= 11 is 0. The lowest BCUT2D eigenvalue weighted by molar-refractivity contribution is -0.129. The van der Waals surface area contributed by atoms with Gasteiger partial charge in [0.2, 0.25) is 5.91 Å². The van der Waals surface area contributed by atoms with Crippen LogP contribution >= 0.6 is 0 Å². The number of likely N-dealkylation sites (N-methyl/N-ethyl adjacent to an activating group) is 1. The van der Waals surface area contributed by atoms with Crippen LogP contribution in [0.25, 0.3) is 0 Å². The summed E-state index contributed by atoms with van der Waals surface area (Å²) in [5.74, 6) is 3.13. The number of nitrogens with zero attached hydrogens (tertiary/aromatic N) is 1. The minimum absolute atomic E-state index is 0. The Hall–Kier alpha value is -0.280. The molecule has 20 heavy (non-hydrogen) atoms. The minimum Gasteiger partial charge on any atom is -1.00 e. The van der Waals surface area contributed by atoms with Crippen LogP contribution in [-0.4, -0.2) is 38.0 Å². The fourth-order valence-electron chi connectivity index (χ4n) is 5.33. The minimum atomic E-state index is 0. The quantitative estimate of drug-likeness (QED) is 0.726. The molecule has 4 aliphatic rings. The van der Waals surface area contributed by atoms with Crippen LogP contribution in [0.3, 0.4) is 0 Å². The van der Waals surface area contributed by atoms with Crippen molar-refractivity contribution in [3.63, 3.8) is 0 Å². The first-order valence-electron chi connectivity index (χ1n) is 7.96. The van der Waals surface area contributed by atoms with Crippen molar-refractivity contribution >= 4 is 5.91 Å². The SMILES string of the molecule is CN(C)CCNC(=O)CC12CC3CC(CC(C3)C1)C2.[Cl-]. The van der Waals surface area contributed by atoms with Crippen molar-refractivity contribution in [1.29, 1.82) is 0 Å². The maximum Gasteiger partial charge on any atom is 0.220 e. The first-order chi connectivity index (χ1) is 9.05. The predicted octanol–water partition coefficient (Wildman–Crippen LogP) is -0.725. The third-order valence-electron chi connectivity index (χ3n) is 5.58. The lowest BCUT2D eigenvalue weighted by Crippen LogP contribution is -3.00. The Labute approximate surface area is 129 Å². The van der Waals surface area contributed by atoms with Crippen molar-refractivity contribution in [3.05, 3.63) is 0 Å². The second-order valence-corrected chi connectivity index (χ2v) is 7.75. The zero-order valence-electron chi connectivity index (χ0n) is 12.8. The number of amides is 1. The van der Waals surface area contributed by atoms with Crippen LogP contribution < -0.4 is 17.7 Å². The van der Waals surface area contributed by atoms with E-state index in [1.807, 2.05) is 14.1 Å². The van der Waals surface area contributed by atoms with Crippen molar-refractivity contribution < 1.29 is 17.2 Å². The van der Waals surface area contributed by atoms with Gasteiger partial charge in [-0.25, -0.2) is 0 Å². The molecule has 4 fully saturated rings. The van der Waals surface area contributed by atoms with Gasteiger partial charge in [-0.1, -0.05) is 0 Å². The van der Waals surface area contributed by atoms with Gasteiger partial charge in [-0.05, 0) is 75.8 Å². The van der Waals surface area contributed by atoms with Gasteiger partial charge < -0.3 is 22.6 Å². The highest BCUT2D eigenvalue weighted by atomic mass is 35.5. The number of halogens is 1. The van der Waals surface area contributed by atoms with E-state index in [1.54, 1.807) is 0 Å². The number of carbonyl (C=O) groups is 1. The van der Waals surface area contributed by atoms with Gasteiger partial charge in [0.05, 0.1) is 0 Å². The first-order valence-corrected chi connectivity index (χ1v) is 7.96. The molecule has 0 atom stereocenters. The van der Waals surface area contributed by atoms with Crippen LogP contribution in [0.2, 0.25) is 0 Å². The molecular formula is C16H28ClN2O-. The Morgan fingerprint density at radius 2 is 1.60 bits per heavy atom. The molecule has 4 aliphatic carbocycles. The molecule has 0 spiro atoms. The predicted molar refractivity (Wildman–Crippen MR) is 76.8 cm³/mol. The molecule has 0 aromatic heterocycles. The summed E-state index contributed by atoms with van der Waals surface area (Å²) in [5, 5.41) is 3.11. The van der Waals surface area contributed by atoms with Gasteiger partial charge in [0.15, 0.2) is 0 Å².